The first-order valence-electron chi connectivity index (χ1n) is 8.63. The van der Waals surface area contributed by atoms with Crippen LogP contribution in [0.15, 0.2) is 0 Å². The Kier molecular flexibility index (Phi) is 2.97. The minimum atomic E-state index is -0.746. The van der Waals surface area contributed by atoms with Gasteiger partial charge in [-0.05, 0) is 63.2 Å². The van der Waals surface area contributed by atoms with Gasteiger partial charge in [-0.25, -0.2) is 0 Å². The molecule has 4 fully saturated rings. The maximum absolute atomic E-state index is 12.3. The zero-order chi connectivity index (χ0) is 14.7. The van der Waals surface area contributed by atoms with Gasteiger partial charge in [0.15, 0.2) is 0 Å². The average molecular weight is 294 g/mol. The predicted octanol–water partition coefficient (Wildman–Crippen LogP) is 2.73. The van der Waals surface area contributed by atoms with Gasteiger partial charge in [0.2, 0.25) is 0 Å². The molecule has 1 aliphatic heterocycles. The second-order valence-corrected chi connectivity index (χ2v) is 7.91. The summed E-state index contributed by atoms with van der Waals surface area (Å²) in [5.41, 5.74) is -1.82. The van der Waals surface area contributed by atoms with E-state index in [2.05, 4.69) is 0 Å². The van der Waals surface area contributed by atoms with E-state index in [0.29, 0.717) is 18.3 Å². The van der Waals surface area contributed by atoms with E-state index in [1.54, 1.807) is 0 Å². The predicted molar refractivity (Wildman–Crippen MR) is 76.9 cm³/mol. The zero-order valence-electron chi connectivity index (χ0n) is 12.6. The van der Waals surface area contributed by atoms with Gasteiger partial charge in [-0.3, -0.25) is 4.79 Å². The number of aliphatic carboxylic acids is 1. The summed E-state index contributed by atoms with van der Waals surface area (Å²) < 4.78 is 6.65. The maximum Gasteiger partial charge on any atom is 0.312 e. The molecular weight excluding hydrogens is 268 g/mol. The number of hydrogen-bond acceptors (Lipinski definition) is 3. The van der Waals surface area contributed by atoms with E-state index in [1.165, 1.54) is 12.8 Å². The monoisotopic (exact) mass is 294 g/mol. The Morgan fingerprint density at radius 2 is 1.67 bits per heavy atom. The molecule has 4 rings (SSSR count). The van der Waals surface area contributed by atoms with Crippen molar-refractivity contribution in [2.24, 2.45) is 17.3 Å². The molecule has 1 heterocycles. The van der Waals surface area contributed by atoms with Gasteiger partial charge < -0.3 is 14.9 Å². The number of carbonyl (C=O) groups is 1. The number of rotatable bonds is 2. The number of aliphatic hydroxyl groups is 1. The van der Waals surface area contributed by atoms with E-state index in [4.69, 9.17) is 4.74 Å². The Morgan fingerprint density at radius 1 is 1.05 bits per heavy atom. The third kappa shape index (κ3) is 1.56. The van der Waals surface area contributed by atoms with Crippen molar-refractivity contribution in [1.29, 1.82) is 0 Å². The molecule has 0 radical (unpaired) electrons. The normalized spacial score (nSPS) is 52.0. The van der Waals surface area contributed by atoms with Gasteiger partial charge in [-0.2, -0.15) is 0 Å². The summed E-state index contributed by atoms with van der Waals surface area (Å²) >= 11 is 0. The van der Waals surface area contributed by atoms with E-state index < -0.39 is 22.6 Å². The molecular formula is C17H26O4. The molecule has 118 valence electrons. The molecule has 1 spiro atoms. The highest BCUT2D eigenvalue weighted by molar-refractivity contribution is 5.78. The molecule has 3 saturated carbocycles. The molecule has 4 heteroatoms. The smallest absolute Gasteiger partial charge is 0.312 e. The first-order chi connectivity index (χ1) is 10.1. The number of carboxylic acids is 1. The molecule has 0 aromatic rings. The van der Waals surface area contributed by atoms with Crippen molar-refractivity contribution in [2.45, 2.75) is 75.4 Å². The summed E-state index contributed by atoms with van der Waals surface area (Å²) in [6, 6.07) is 0. The van der Waals surface area contributed by atoms with E-state index in [-0.39, 0.29) is 6.61 Å². The highest BCUT2D eigenvalue weighted by atomic mass is 16.5. The van der Waals surface area contributed by atoms with Crippen LogP contribution < -0.4 is 0 Å². The van der Waals surface area contributed by atoms with Crippen LogP contribution in [0.1, 0.15) is 64.2 Å². The van der Waals surface area contributed by atoms with Crippen LogP contribution >= 0.6 is 0 Å². The molecule has 3 aliphatic carbocycles. The summed E-state index contributed by atoms with van der Waals surface area (Å²) in [7, 11) is 0. The van der Waals surface area contributed by atoms with Crippen molar-refractivity contribution < 1.29 is 19.7 Å². The fourth-order valence-electron chi connectivity index (χ4n) is 6.48. The summed E-state index contributed by atoms with van der Waals surface area (Å²) in [5, 5.41) is 20.1. The minimum absolute atomic E-state index is 0.0246. The number of hydrogen-bond donors (Lipinski definition) is 2. The number of fused-ring (bicyclic) bond motifs is 2. The van der Waals surface area contributed by atoms with E-state index in [0.717, 1.165) is 44.9 Å². The van der Waals surface area contributed by atoms with Crippen LogP contribution in [-0.4, -0.2) is 34.0 Å². The Hall–Kier alpha value is -0.610. The standard InChI is InChI=1S/C17H26O4/c18-11-15-8-3-9-16(10-15,14(19)20)17(21-15)12-4-1-5-13(17)7-2-6-12/h12-13,18H,1-11H2,(H,19,20)/t12?,13?,15-,16+,17?/m1/s1. The van der Waals surface area contributed by atoms with Crippen molar-refractivity contribution >= 4 is 5.97 Å². The van der Waals surface area contributed by atoms with Crippen LogP contribution in [-0.2, 0) is 9.53 Å². The van der Waals surface area contributed by atoms with E-state index in [9.17, 15) is 15.0 Å². The van der Waals surface area contributed by atoms with Gasteiger partial charge in [-0.15, -0.1) is 0 Å². The Balaban J connectivity index is 1.87. The second-order valence-electron chi connectivity index (χ2n) is 7.91. The lowest BCUT2D eigenvalue weighted by Crippen LogP contribution is -2.62. The molecule has 2 N–H and O–H groups in total. The van der Waals surface area contributed by atoms with E-state index >= 15 is 0 Å². The van der Waals surface area contributed by atoms with E-state index in [1.807, 2.05) is 0 Å². The molecule has 4 bridgehead atoms. The third-order valence-corrected chi connectivity index (χ3v) is 7.11. The fraction of sp³-hybridized carbons (Fsp3) is 0.941. The first-order valence-corrected chi connectivity index (χ1v) is 8.63. The fourth-order valence-corrected chi connectivity index (χ4v) is 6.48. The van der Waals surface area contributed by atoms with Crippen LogP contribution in [0.2, 0.25) is 0 Å². The molecule has 0 amide bonds. The molecule has 0 aromatic carbocycles. The van der Waals surface area contributed by atoms with Gasteiger partial charge in [-0.1, -0.05) is 12.8 Å². The minimum Gasteiger partial charge on any atom is -0.481 e. The molecule has 0 aromatic heterocycles. The highest BCUT2D eigenvalue weighted by Crippen LogP contribution is 2.69. The summed E-state index contributed by atoms with van der Waals surface area (Å²) in [4.78, 5) is 12.3. The van der Waals surface area contributed by atoms with Crippen molar-refractivity contribution in [3.8, 4) is 0 Å². The van der Waals surface area contributed by atoms with Gasteiger partial charge in [0.1, 0.15) is 5.41 Å². The maximum atomic E-state index is 12.3. The molecule has 0 unspecified atom stereocenters. The third-order valence-electron chi connectivity index (χ3n) is 7.11. The number of carboxylic acid groups (broad SMARTS) is 1. The van der Waals surface area contributed by atoms with Gasteiger partial charge >= 0.3 is 5.97 Å². The molecule has 2 atom stereocenters. The van der Waals surface area contributed by atoms with Crippen LogP contribution in [0, 0.1) is 17.3 Å². The molecule has 4 nitrogen and oxygen atoms in total. The lowest BCUT2D eigenvalue weighted by molar-refractivity contribution is -0.225. The van der Waals surface area contributed by atoms with Crippen LogP contribution in [0.25, 0.3) is 0 Å². The summed E-state index contributed by atoms with van der Waals surface area (Å²) in [6.45, 7) is -0.0246. The molecule has 1 saturated heterocycles. The largest absolute Gasteiger partial charge is 0.481 e. The van der Waals surface area contributed by atoms with Gasteiger partial charge in [0, 0.05) is 0 Å². The van der Waals surface area contributed by atoms with Crippen LogP contribution in [0.3, 0.4) is 0 Å². The number of aliphatic hydroxyl groups excluding tert-OH is 1. The molecule has 21 heavy (non-hydrogen) atoms. The highest BCUT2D eigenvalue weighted by Gasteiger charge is 2.74. The lowest BCUT2D eigenvalue weighted by atomic mass is 9.49. The van der Waals surface area contributed by atoms with Crippen molar-refractivity contribution in [2.75, 3.05) is 6.61 Å². The van der Waals surface area contributed by atoms with Crippen LogP contribution in [0.5, 0.6) is 0 Å². The molecule has 4 aliphatic rings. The van der Waals surface area contributed by atoms with Crippen molar-refractivity contribution in [3.63, 3.8) is 0 Å². The Bertz CT molecular complexity index is 440. The SMILES string of the molecule is O=C(O)[C@]12CCC[C@](CO)(C1)OC21C2CCCC1CCC2. The van der Waals surface area contributed by atoms with Crippen molar-refractivity contribution in [1.82, 2.24) is 0 Å². The van der Waals surface area contributed by atoms with Crippen LogP contribution in [0.4, 0.5) is 0 Å². The Morgan fingerprint density at radius 3 is 2.19 bits per heavy atom. The Labute approximate surface area is 125 Å². The zero-order valence-corrected chi connectivity index (χ0v) is 12.6. The summed E-state index contributed by atoms with van der Waals surface area (Å²) in [5.74, 6) is 0.0941. The first kappa shape index (κ1) is 14.0. The van der Waals surface area contributed by atoms with Crippen molar-refractivity contribution in [3.05, 3.63) is 0 Å². The van der Waals surface area contributed by atoms with Gasteiger partial charge in [0.05, 0.1) is 17.8 Å². The second kappa shape index (κ2) is 4.45. The summed E-state index contributed by atoms with van der Waals surface area (Å²) in [6.07, 6.45) is 9.79. The topological polar surface area (TPSA) is 66.8 Å². The average Bonchev–Trinajstić information content (AvgIpc) is 2.65. The quantitative estimate of drug-likeness (QED) is 0.822. The number of ether oxygens (including phenoxy) is 1. The van der Waals surface area contributed by atoms with Gasteiger partial charge in [0.25, 0.3) is 0 Å². The lowest BCUT2D eigenvalue weighted by Gasteiger charge is -2.56.